The van der Waals surface area contributed by atoms with E-state index in [0.29, 0.717) is 17.6 Å². The molecule has 0 bridgehead atoms. The fourth-order valence-corrected chi connectivity index (χ4v) is 5.98. The lowest BCUT2D eigenvalue weighted by Crippen LogP contribution is -2.51. The molecule has 0 radical (unpaired) electrons. The number of hydrogen-bond acceptors (Lipinski definition) is 2. The van der Waals surface area contributed by atoms with Gasteiger partial charge in [-0.2, -0.15) is 0 Å². The highest BCUT2D eigenvalue weighted by Gasteiger charge is 2.51. The maximum Gasteiger partial charge on any atom is 0.115 e. The Bertz CT molecular complexity index is 797. The van der Waals surface area contributed by atoms with Gasteiger partial charge in [0.1, 0.15) is 5.75 Å². The molecule has 2 heteroatoms. The molecule has 27 heavy (non-hydrogen) atoms. The molecular formula is C25H32O2. The van der Waals surface area contributed by atoms with Crippen LogP contribution >= 0.6 is 0 Å². The van der Waals surface area contributed by atoms with Crippen molar-refractivity contribution in [3.8, 4) is 5.75 Å². The number of aliphatic hydroxyl groups is 1. The van der Waals surface area contributed by atoms with E-state index in [1.807, 2.05) is 12.1 Å². The molecule has 0 spiro atoms. The van der Waals surface area contributed by atoms with Crippen LogP contribution in [0, 0.1) is 11.8 Å². The van der Waals surface area contributed by atoms with Crippen LogP contribution < -0.4 is 0 Å². The van der Waals surface area contributed by atoms with Crippen LogP contribution in [-0.4, -0.2) is 15.8 Å². The molecule has 144 valence electrons. The molecular weight excluding hydrogens is 332 g/mol. The second-order valence-corrected chi connectivity index (χ2v) is 9.42. The summed E-state index contributed by atoms with van der Waals surface area (Å²) < 4.78 is 0. The Labute approximate surface area is 163 Å². The lowest BCUT2D eigenvalue weighted by Gasteiger charge is -2.54. The van der Waals surface area contributed by atoms with E-state index in [4.69, 9.17) is 0 Å². The van der Waals surface area contributed by atoms with Crippen molar-refractivity contribution in [3.63, 3.8) is 0 Å². The SMILES string of the molecule is CC(C)C[C@]1(O)CC[C@]2(Cc3ccccc3)c3ccc(O)cc3CC[C@H]2C1. The van der Waals surface area contributed by atoms with Gasteiger partial charge in [0.15, 0.2) is 0 Å². The molecule has 2 nitrogen and oxygen atoms in total. The standard InChI is InChI=1S/C25H32O2/c1-18(2)15-24(27)12-13-25(16-19-6-4-3-5-7-19)21(17-24)9-8-20-14-22(26)10-11-23(20)25/h3-7,10-11,14,18,21,26-27H,8-9,12-13,15-17H2,1-2H3/t21-,24+,25+/m0/s1. The Hall–Kier alpha value is -1.80. The summed E-state index contributed by atoms with van der Waals surface area (Å²) in [4.78, 5) is 0. The number of fused-ring (bicyclic) bond motifs is 3. The van der Waals surface area contributed by atoms with Crippen molar-refractivity contribution in [1.29, 1.82) is 0 Å². The van der Waals surface area contributed by atoms with Crippen LogP contribution in [0.1, 0.15) is 62.6 Å². The maximum atomic E-state index is 11.3. The van der Waals surface area contributed by atoms with E-state index >= 15 is 0 Å². The third-order valence-electron chi connectivity index (χ3n) is 6.98. The summed E-state index contributed by atoms with van der Waals surface area (Å²) in [6.45, 7) is 4.42. The molecule has 1 saturated carbocycles. The van der Waals surface area contributed by atoms with E-state index in [9.17, 15) is 10.2 Å². The Morgan fingerprint density at radius 2 is 1.85 bits per heavy atom. The molecule has 0 heterocycles. The first-order chi connectivity index (χ1) is 12.9. The molecule has 0 aliphatic heterocycles. The minimum Gasteiger partial charge on any atom is -0.508 e. The first kappa shape index (κ1) is 18.6. The topological polar surface area (TPSA) is 40.5 Å². The Balaban J connectivity index is 1.74. The molecule has 2 aromatic rings. The number of aryl methyl sites for hydroxylation is 1. The van der Waals surface area contributed by atoms with Crippen LogP contribution in [0.15, 0.2) is 48.5 Å². The predicted octanol–water partition coefficient (Wildman–Crippen LogP) is 5.40. The van der Waals surface area contributed by atoms with Crippen molar-refractivity contribution in [2.24, 2.45) is 11.8 Å². The van der Waals surface area contributed by atoms with Crippen LogP contribution in [0.4, 0.5) is 0 Å². The number of phenols is 1. The van der Waals surface area contributed by atoms with E-state index in [1.54, 1.807) is 0 Å². The van der Waals surface area contributed by atoms with Crippen LogP contribution in [-0.2, 0) is 18.3 Å². The first-order valence-corrected chi connectivity index (χ1v) is 10.5. The van der Waals surface area contributed by atoms with Crippen molar-refractivity contribution in [1.82, 2.24) is 0 Å². The van der Waals surface area contributed by atoms with Gasteiger partial charge in [-0.1, -0.05) is 50.2 Å². The molecule has 0 saturated heterocycles. The van der Waals surface area contributed by atoms with Gasteiger partial charge in [0, 0.05) is 5.41 Å². The van der Waals surface area contributed by atoms with E-state index in [2.05, 4.69) is 50.2 Å². The average Bonchev–Trinajstić information content (AvgIpc) is 2.62. The van der Waals surface area contributed by atoms with Crippen LogP contribution in [0.5, 0.6) is 5.75 Å². The fraction of sp³-hybridized carbons (Fsp3) is 0.520. The zero-order valence-electron chi connectivity index (χ0n) is 16.6. The molecule has 0 aromatic heterocycles. The van der Waals surface area contributed by atoms with Gasteiger partial charge in [0.05, 0.1) is 5.60 Å². The highest BCUT2D eigenvalue weighted by atomic mass is 16.3. The molecule has 2 aliphatic rings. The van der Waals surface area contributed by atoms with Gasteiger partial charge < -0.3 is 10.2 Å². The summed E-state index contributed by atoms with van der Waals surface area (Å²) in [6.07, 6.45) is 6.81. The van der Waals surface area contributed by atoms with Gasteiger partial charge in [0.25, 0.3) is 0 Å². The first-order valence-electron chi connectivity index (χ1n) is 10.5. The van der Waals surface area contributed by atoms with Crippen molar-refractivity contribution < 1.29 is 10.2 Å². The van der Waals surface area contributed by atoms with Gasteiger partial charge in [-0.15, -0.1) is 0 Å². The molecule has 0 unspecified atom stereocenters. The molecule has 1 fully saturated rings. The van der Waals surface area contributed by atoms with E-state index in [1.165, 1.54) is 16.7 Å². The summed E-state index contributed by atoms with van der Waals surface area (Å²) in [6, 6.07) is 16.8. The van der Waals surface area contributed by atoms with Gasteiger partial charge in [-0.3, -0.25) is 0 Å². The number of phenolic OH excluding ortho intramolecular Hbond substituents is 1. The number of hydrogen-bond donors (Lipinski definition) is 2. The Morgan fingerprint density at radius 1 is 1.07 bits per heavy atom. The van der Waals surface area contributed by atoms with Crippen LogP contribution in [0.3, 0.4) is 0 Å². The average molecular weight is 365 g/mol. The monoisotopic (exact) mass is 364 g/mol. The van der Waals surface area contributed by atoms with Gasteiger partial charge in [-0.05, 0) is 85.6 Å². The molecule has 0 amide bonds. The number of aromatic hydroxyl groups is 1. The maximum absolute atomic E-state index is 11.3. The minimum atomic E-state index is -0.520. The highest BCUT2D eigenvalue weighted by molar-refractivity contribution is 5.44. The molecule has 2 aliphatic carbocycles. The van der Waals surface area contributed by atoms with Crippen molar-refractivity contribution in [2.45, 2.75) is 69.8 Å². The lowest BCUT2D eigenvalue weighted by atomic mass is 9.52. The van der Waals surface area contributed by atoms with E-state index in [0.717, 1.165) is 44.9 Å². The van der Waals surface area contributed by atoms with Gasteiger partial charge >= 0.3 is 0 Å². The second kappa shape index (κ2) is 6.98. The number of benzene rings is 2. The Kier molecular flexibility index (Phi) is 4.80. The molecule has 4 rings (SSSR count). The Morgan fingerprint density at radius 3 is 2.59 bits per heavy atom. The third-order valence-corrected chi connectivity index (χ3v) is 6.98. The largest absolute Gasteiger partial charge is 0.508 e. The summed E-state index contributed by atoms with van der Waals surface area (Å²) in [7, 11) is 0. The minimum absolute atomic E-state index is 0.0752. The van der Waals surface area contributed by atoms with E-state index < -0.39 is 5.60 Å². The quantitative estimate of drug-likeness (QED) is 0.763. The summed E-state index contributed by atoms with van der Waals surface area (Å²) in [5.74, 6) is 1.38. The lowest BCUT2D eigenvalue weighted by molar-refractivity contribution is -0.0633. The van der Waals surface area contributed by atoms with Gasteiger partial charge in [-0.25, -0.2) is 0 Å². The smallest absolute Gasteiger partial charge is 0.115 e. The van der Waals surface area contributed by atoms with Crippen molar-refractivity contribution in [3.05, 3.63) is 65.2 Å². The summed E-state index contributed by atoms with van der Waals surface area (Å²) in [5, 5.41) is 21.3. The zero-order chi connectivity index (χ0) is 19.1. The molecule has 2 N–H and O–H groups in total. The van der Waals surface area contributed by atoms with Crippen molar-refractivity contribution in [2.75, 3.05) is 0 Å². The highest BCUT2D eigenvalue weighted by Crippen LogP contribution is 2.55. The van der Waals surface area contributed by atoms with E-state index in [-0.39, 0.29) is 5.41 Å². The summed E-state index contributed by atoms with van der Waals surface area (Å²) in [5.41, 5.74) is 3.64. The molecule has 3 atom stereocenters. The fourth-order valence-electron chi connectivity index (χ4n) is 5.98. The number of rotatable bonds is 4. The summed E-state index contributed by atoms with van der Waals surface area (Å²) >= 11 is 0. The predicted molar refractivity (Wildman–Crippen MR) is 110 cm³/mol. The van der Waals surface area contributed by atoms with Crippen LogP contribution in [0.25, 0.3) is 0 Å². The zero-order valence-corrected chi connectivity index (χ0v) is 16.6. The van der Waals surface area contributed by atoms with Crippen molar-refractivity contribution >= 4 is 0 Å². The molecule has 2 aromatic carbocycles. The normalized spacial score (nSPS) is 30.0. The van der Waals surface area contributed by atoms with Crippen LogP contribution in [0.2, 0.25) is 0 Å². The van der Waals surface area contributed by atoms with Gasteiger partial charge in [0.2, 0.25) is 0 Å². The second-order valence-electron chi connectivity index (χ2n) is 9.42. The third kappa shape index (κ3) is 3.52.